The highest BCUT2D eigenvalue weighted by Gasteiger charge is 2.47. The standard InChI is InChI=1S/C17H32N2/c1-16(2,3)15-5-7-17(8-6-15)12-19(13-17)11-14-9-18(4)10-14/h14-15H,5-13H2,1-4H3. The van der Waals surface area contributed by atoms with E-state index in [0.29, 0.717) is 5.41 Å². The summed E-state index contributed by atoms with van der Waals surface area (Å²) >= 11 is 0. The van der Waals surface area contributed by atoms with E-state index >= 15 is 0 Å². The van der Waals surface area contributed by atoms with E-state index in [9.17, 15) is 0 Å². The number of likely N-dealkylation sites (tertiary alicyclic amines) is 2. The van der Waals surface area contributed by atoms with E-state index in [2.05, 4.69) is 37.6 Å². The van der Waals surface area contributed by atoms with Gasteiger partial charge in [-0.05, 0) is 55.4 Å². The molecule has 0 radical (unpaired) electrons. The van der Waals surface area contributed by atoms with Crippen molar-refractivity contribution in [1.82, 2.24) is 9.80 Å². The molecule has 1 spiro atoms. The maximum Gasteiger partial charge on any atom is 0.00506 e. The van der Waals surface area contributed by atoms with Crippen molar-refractivity contribution >= 4 is 0 Å². The van der Waals surface area contributed by atoms with Gasteiger partial charge in [0.15, 0.2) is 0 Å². The molecule has 0 N–H and O–H groups in total. The zero-order valence-corrected chi connectivity index (χ0v) is 13.4. The van der Waals surface area contributed by atoms with Crippen molar-refractivity contribution in [2.24, 2.45) is 22.7 Å². The second kappa shape index (κ2) is 4.73. The number of hydrogen-bond acceptors (Lipinski definition) is 2. The van der Waals surface area contributed by atoms with Crippen molar-refractivity contribution in [3.05, 3.63) is 0 Å². The second-order valence-electron chi connectivity index (χ2n) is 8.90. The number of rotatable bonds is 2. The maximum atomic E-state index is 2.73. The van der Waals surface area contributed by atoms with Crippen molar-refractivity contribution in [3.8, 4) is 0 Å². The van der Waals surface area contributed by atoms with Crippen LogP contribution in [0.3, 0.4) is 0 Å². The molecule has 1 saturated carbocycles. The minimum atomic E-state index is 0.529. The molecule has 2 aliphatic heterocycles. The molecule has 0 amide bonds. The van der Waals surface area contributed by atoms with Gasteiger partial charge in [0, 0.05) is 32.7 Å². The monoisotopic (exact) mass is 264 g/mol. The SMILES string of the molecule is CN1CC(CN2CC3(CCC(C(C)(C)C)CC3)C2)C1. The molecule has 0 aromatic heterocycles. The summed E-state index contributed by atoms with van der Waals surface area (Å²) in [4.78, 5) is 5.17. The lowest BCUT2D eigenvalue weighted by Crippen LogP contribution is -2.61. The van der Waals surface area contributed by atoms with E-state index in [1.54, 1.807) is 0 Å². The summed E-state index contributed by atoms with van der Waals surface area (Å²) in [5.41, 5.74) is 1.26. The summed E-state index contributed by atoms with van der Waals surface area (Å²) in [5.74, 6) is 1.93. The molecule has 0 aromatic carbocycles. The van der Waals surface area contributed by atoms with Gasteiger partial charge in [0.2, 0.25) is 0 Å². The zero-order chi connectivity index (χ0) is 13.7. The van der Waals surface area contributed by atoms with Crippen LogP contribution in [-0.2, 0) is 0 Å². The molecule has 2 heterocycles. The summed E-state index contributed by atoms with van der Waals surface area (Å²) in [6.45, 7) is 14.1. The zero-order valence-electron chi connectivity index (χ0n) is 13.4. The molecule has 3 rings (SSSR count). The van der Waals surface area contributed by atoms with Gasteiger partial charge in [-0.3, -0.25) is 0 Å². The first kappa shape index (κ1) is 13.9. The van der Waals surface area contributed by atoms with Crippen molar-refractivity contribution in [2.45, 2.75) is 46.5 Å². The molecule has 2 heteroatoms. The lowest BCUT2D eigenvalue weighted by atomic mass is 9.61. The Morgan fingerprint density at radius 2 is 1.63 bits per heavy atom. The van der Waals surface area contributed by atoms with E-state index in [1.165, 1.54) is 58.4 Å². The van der Waals surface area contributed by atoms with Gasteiger partial charge >= 0.3 is 0 Å². The highest BCUT2D eigenvalue weighted by molar-refractivity contribution is 5.00. The van der Waals surface area contributed by atoms with Gasteiger partial charge in [-0.1, -0.05) is 20.8 Å². The quantitative estimate of drug-likeness (QED) is 0.756. The number of nitrogens with zero attached hydrogens (tertiary/aromatic N) is 2. The lowest BCUT2D eigenvalue weighted by Gasteiger charge is -2.56. The van der Waals surface area contributed by atoms with Gasteiger partial charge in [0.05, 0.1) is 0 Å². The van der Waals surface area contributed by atoms with Gasteiger partial charge in [-0.15, -0.1) is 0 Å². The average Bonchev–Trinajstić information content (AvgIpc) is 2.24. The highest BCUT2D eigenvalue weighted by atomic mass is 15.2. The van der Waals surface area contributed by atoms with Gasteiger partial charge in [-0.25, -0.2) is 0 Å². The molecule has 2 saturated heterocycles. The van der Waals surface area contributed by atoms with Gasteiger partial charge in [0.25, 0.3) is 0 Å². The molecule has 0 aromatic rings. The van der Waals surface area contributed by atoms with Crippen molar-refractivity contribution in [1.29, 1.82) is 0 Å². The Kier molecular flexibility index (Phi) is 3.46. The smallest absolute Gasteiger partial charge is 0.00506 e. The van der Waals surface area contributed by atoms with Crippen molar-refractivity contribution < 1.29 is 0 Å². The Morgan fingerprint density at radius 1 is 1.05 bits per heavy atom. The summed E-state index contributed by atoms with van der Waals surface area (Å²) in [7, 11) is 2.24. The van der Waals surface area contributed by atoms with E-state index < -0.39 is 0 Å². The third-order valence-electron chi connectivity index (χ3n) is 6.05. The Morgan fingerprint density at radius 3 is 2.11 bits per heavy atom. The molecule has 0 bridgehead atoms. The van der Waals surface area contributed by atoms with E-state index in [4.69, 9.17) is 0 Å². The first-order valence-electron chi connectivity index (χ1n) is 8.27. The summed E-state index contributed by atoms with van der Waals surface area (Å²) in [5, 5.41) is 0. The van der Waals surface area contributed by atoms with E-state index in [-0.39, 0.29) is 0 Å². The van der Waals surface area contributed by atoms with Crippen LogP contribution in [0.5, 0.6) is 0 Å². The molecular weight excluding hydrogens is 232 g/mol. The fraction of sp³-hybridized carbons (Fsp3) is 1.00. The molecule has 2 nitrogen and oxygen atoms in total. The molecular formula is C17H32N2. The van der Waals surface area contributed by atoms with Crippen LogP contribution in [0.1, 0.15) is 46.5 Å². The summed E-state index contributed by atoms with van der Waals surface area (Å²) < 4.78 is 0. The maximum absolute atomic E-state index is 2.73. The predicted octanol–water partition coefficient (Wildman–Crippen LogP) is 3.09. The molecule has 0 atom stereocenters. The van der Waals surface area contributed by atoms with Crippen LogP contribution < -0.4 is 0 Å². The molecule has 19 heavy (non-hydrogen) atoms. The third kappa shape index (κ3) is 2.85. The van der Waals surface area contributed by atoms with Crippen LogP contribution in [-0.4, -0.2) is 49.6 Å². The van der Waals surface area contributed by atoms with E-state index in [0.717, 1.165) is 17.3 Å². The van der Waals surface area contributed by atoms with Gasteiger partial charge in [0.1, 0.15) is 0 Å². The minimum Gasteiger partial charge on any atom is -0.306 e. The van der Waals surface area contributed by atoms with Crippen molar-refractivity contribution in [3.63, 3.8) is 0 Å². The molecule has 1 aliphatic carbocycles. The molecule has 3 aliphatic rings. The molecule has 0 unspecified atom stereocenters. The van der Waals surface area contributed by atoms with Crippen LogP contribution in [0, 0.1) is 22.7 Å². The first-order chi connectivity index (χ1) is 8.86. The largest absolute Gasteiger partial charge is 0.306 e. The first-order valence-corrected chi connectivity index (χ1v) is 8.27. The summed E-state index contributed by atoms with van der Waals surface area (Å²) in [6.07, 6.45) is 5.94. The van der Waals surface area contributed by atoms with Crippen LogP contribution in [0.25, 0.3) is 0 Å². The molecule has 3 fully saturated rings. The minimum absolute atomic E-state index is 0.529. The van der Waals surface area contributed by atoms with Crippen LogP contribution in [0.15, 0.2) is 0 Å². The third-order valence-corrected chi connectivity index (χ3v) is 6.05. The van der Waals surface area contributed by atoms with Crippen molar-refractivity contribution in [2.75, 3.05) is 39.8 Å². The highest BCUT2D eigenvalue weighted by Crippen LogP contribution is 2.49. The second-order valence-corrected chi connectivity index (χ2v) is 8.90. The Hall–Kier alpha value is -0.0800. The fourth-order valence-corrected chi connectivity index (χ4v) is 4.75. The Labute approximate surface area is 119 Å². The predicted molar refractivity (Wildman–Crippen MR) is 81.3 cm³/mol. The fourth-order valence-electron chi connectivity index (χ4n) is 4.75. The summed E-state index contributed by atoms with van der Waals surface area (Å²) in [6, 6.07) is 0. The normalized spacial score (nSPS) is 30.3. The molecule has 110 valence electrons. The Balaban J connectivity index is 1.41. The average molecular weight is 264 g/mol. The number of hydrogen-bond donors (Lipinski definition) is 0. The topological polar surface area (TPSA) is 6.48 Å². The van der Waals surface area contributed by atoms with Crippen LogP contribution >= 0.6 is 0 Å². The van der Waals surface area contributed by atoms with E-state index in [1.807, 2.05) is 0 Å². The van der Waals surface area contributed by atoms with Crippen LogP contribution in [0.4, 0.5) is 0 Å². The van der Waals surface area contributed by atoms with Gasteiger partial charge in [-0.2, -0.15) is 0 Å². The Bertz CT molecular complexity index is 309. The lowest BCUT2D eigenvalue weighted by molar-refractivity contribution is -0.0666. The van der Waals surface area contributed by atoms with Crippen LogP contribution in [0.2, 0.25) is 0 Å². The van der Waals surface area contributed by atoms with Gasteiger partial charge < -0.3 is 9.80 Å².